The van der Waals surface area contributed by atoms with E-state index < -0.39 is 0 Å². The van der Waals surface area contributed by atoms with Crippen molar-refractivity contribution in [2.75, 3.05) is 13.1 Å². The summed E-state index contributed by atoms with van der Waals surface area (Å²) in [7, 11) is 0.766. The highest BCUT2D eigenvalue weighted by atomic mass is 28.2. The molecule has 3 heteroatoms. The van der Waals surface area contributed by atoms with Crippen LogP contribution >= 0.6 is 0 Å². The first-order chi connectivity index (χ1) is 10.7. The largest absolute Gasteiger partial charge is 0.363 e. The SMILES string of the molecule is CCN(CC)C(C)OC([Si]c1ccccc1)C1CCCCC1. The normalized spacial score (nSPS) is 19.3. The molecule has 1 saturated carbocycles. The van der Waals surface area contributed by atoms with Crippen LogP contribution in [0, 0.1) is 5.92 Å². The minimum Gasteiger partial charge on any atom is -0.363 e. The third-order valence-electron chi connectivity index (χ3n) is 4.83. The van der Waals surface area contributed by atoms with Gasteiger partial charge in [0.15, 0.2) is 0 Å². The zero-order chi connectivity index (χ0) is 15.8. The Kier molecular flexibility index (Phi) is 7.63. The maximum Gasteiger partial charge on any atom is 0.119 e. The molecule has 2 atom stereocenters. The minimum absolute atomic E-state index is 0.220. The molecular formula is C19H31NOSi. The Balaban J connectivity index is 2.03. The van der Waals surface area contributed by atoms with Gasteiger partial charge in [0.25, 0.3) is 0 Å². The molecule has 0 aromatic heterocycles. The zero-order valence-electron chi connectivity index (χ0n) is 14.4. The first kappa shape index (κ1) is 17.7. The molecule has 0 spiro atoms. The standard InChI is InChI=1S/C19H31NOSi/c1-4-20(5-2)16(3)21-19(17-12-8-6-9-13-17)22-18-14-10-7-11-15-18/h7,10-11,14-17,19H,4-6,8-9,12-13H2,1-3H3. The summed E-state index contributed by atoms with van der Waals surface area (Å²) in [6.07, 6.45) is 7.07. The molecule has 0 amide bonds. The number of ether oxygens (including phenoxy) is 1. The topological polar surface area (TPSA) is 12.5 Å². The average molecular weight is 318 g/mol. The van der Waals surface area contributed by atoms with Gasteiger partial charge in [-0.3, -0.25) is 4.90 Å². The molecule has 2 unspecified atom stereocenters. The van der Waals surface area contributed by atoms with Crippen molar-refractivity contribution in [1.29, 1.82) is 0 Å². The molecule has 0 saturated heterocycles. The van der Waals surface area contributed by atoms with Crippen LogP contribution in [0.15, 0.2) is 30.3 Å². The molecule has 1 aliphatic rings. The predicted octanol–water partition coefficient (Wildman–Crippen LogP) is 3.63. The Morgan fingerprint density at radius 3 is 2.32 bits per heavy atom. The van der Waals surface area contributed by atoms with Crippen molar-refractivity contribution in [3.8, 4) is 0 Å². The Hall–Kier alpha value is -0.643. The zero-order valence-corrected chi connectivity index (χ0v) is 15.4. The Morgan fingerprint density at radius 2 is 1.73 bits per heavy atom. The second-order valence-electron chi connectivity index (χ2n) is 6.29. The summed E-state index contributed by atoms with van der Waals surface area (Å²) in [5.41, 5.74) is 0.387. The number of benzene rings is 1. The fourth-order valence-corrected chi connectivity index (χ4v) is 4.98. The summed E-state index contributed by atoms with van der Waals surface area (Å²) in [5, 5.41) is 1.44. The van der Waals surface area contributed by atoms with Gasteiger partial charge in [-0.2, -0.15) is 0 Å². The van der Waals surface area contributed by atoms with Crippen LogP contribution in [0.3, 0.4) is 0 Å². The third kappa shape index (κ3) is 5.22. The lowest BCUT2D eigenvalue weighted by Gasteiger charge is -2.35. The number of hydrogen-bond acceptors (Lipinski definition) is 2. The van der Waals surface area contributed by atoms with Crippen LogP contribution in [-0.2, 0) is 4.74 Å². The highest BCUT2D eigenvalue weighted by molar-refractivity contribution is 6.54. The van der Waals surface area contributed by atoms with E-state index in [0.717, 1.165) is 28.5 Å². The molecule has 2 rings (SSSR count). The monoisotopic (exact) mass is 317 g/mol. The van der Waals surface area contributed by atoms with Gasteiger partial charge in [0.05, 0.1) is 5.73 Å². The molecule has 0 aliphatic heterocycles. The minimum atomic E-state index is 0.220. The summed E-state index contributed by atoms with van der Waals surface area (Å²) in [5.74, 6) is 0.741. The van der Waals surface area contributed by atoms with E-state index >= 15 is 0 Å². The summed E-state index contributed by atoms with van der Waals surface area (Å²) >= 11 is 0. The maximum absolute atomic E-state index is 6.58. The van der Waals surface area contributed by atoms with Crippen LogP contribution < -0.4 is 5.19 Å². The van der Waals surface area contributed by atoms with E-state index in [0.29, 0.717) is 5.73 Å². The lowest BCUT2D eigenvalue weighted by molar-refractivity contribution is -0.0791. The highest BCUT2D eigenvalue weighted by Gasteiger charge is 2.27. The summed E-state index contributed by atoms with van der Waals surface area (Å²) in [6.45, 7) is 8.78. The molecular weight excluding hydrogens is 286 g/mol. The summed E-state index contributed by atoms with van der Waals surface area (Å²) in [4.78, 5) is 2.41. The predicted molar refractivity (Wildman–Crippen MR) is 95.7 cm³/mol. The van der Waals surface area contributed by atoms with E-state index in [9.17, 15) is 0 Å². The van der Waals surface area contributed by atoms with E-state index in [1.54, 1.807) is 0 Å². The first-order valence-electron chi connectivity index (χ1n) is 8.95. The summed E-state index contributed by atoms with van der Waals surface area (Å²) < 4.78 is 6.58. The molecule has 122 valence electrons. The molecule has 2 radical (unpaired) electrons. The second kappa shape index (κ2) is 9.49. The van der Waals surface area contributed by atoms with E-state index in [2.05, 4.69) is 56.0 Å². The number of hydrogen-bond donors (Lipinski definition) is 0. The highest BCUT2D eigenvalue weighted by Crippen LogP contribution is 2.28. The van der Waals surface area contributed by atoms with Gasteiger partial charge in [-0.25, -0.2) is 0 Å². The number of nitrogens with zero attached hydrogens (tertiary/aromatic N) is 1. The van der Waals surface area contributed by atoms with Gasteiger partial charge in [-0.15, -0.1) is 0 Å². The van der Waals surface area contributed by atoms with Gasteiger partial charge in [-0.1, -0.05) is 68.6 Å². The first-order valence-corrected chi connectivity index (χ1v) is 10.0. The molecule has 0 bridgehead atoms. The lowest BCUT2D eigenvalue weighted by atomic mass is 9.90. The van der Waals surface area contributed by atoms with Crippen LogP contribution in [0.25, 0.3) is 0 Å². The van der Waals surface area contributed by atoms with E-state index in [1.807, 2.05) is 0 Å². The van der Waals surface area contributed by atoms with Crippen molar-refractivity contribution in [1.82, 2.24) is 4.90 Å². The van der Waals surface area contributed by atoms with Gasteiger partial charge in [-0.05, 0) is 38.8 Å². The fourth-order valence-electron chi connectivity index (χ4n) is 3.43. The van der Waals surface area contributed by atoms with E-state index in [-0.39, 0.29) is 6.23 Å². The van der Waals surface area contributed by atoms with Crippen molar-refractivity contribution in [3.63, 3.8) is 0 Å². The lowest BCUT2D eigenvalue weighted by Crippen LogP contribution is -2.44. The molecule has 1 aliphatic carbocycles. The maximum atomic E-state index is 6.58. The Morgan fingerprint density at radius 1 is 1.09 bits per heavy atom. The Labute approximate surface area is 139 Å². The van der Waals surface area contributed by atoms with Gasteiger partial charge >= 0.3 is 0 Å². The van der Waals surface area contributed by atoms with E-state index in [1.165, 1.54) is 37.3 Å². The molecule has 0 heterocycles. The second-order valence-corrected chi connectivity index (χ2v) is 7.72. The Bertz CT molecular complexity index is 401. The van der Waals surface area contributed by atoms with Crippen LogP contribution in [0.1, 0.15) is 52.9 Å². The van der Waals surface area contributed by atoms with Gasteiger partial charge in [0.1, 0.15) is 15.7 Å². The van der Waals surface area contributed by atoms with Gasteiger partial charge in [0, 0.05) is 0 Å². The van der Waals surface area contributed by atoms with Crippen LogP contribution in [0.2, 0.25) is 0 Å². The molecule has 0 N–H and O–H groups in total. The average Bonchev–Trinajstić information content (AvgIpc) is 2.57. The van der Waals surface area contributed by atoms with Crippen molar-refractivity contribution in [2.24, 2.45) is 5.92 Å². The molecule has 2 nitrogen and oxygen atoms in total. The summed E-state index contributed by atoms with van der Waals surface area (Å²) in [6, 6.07) is 10.9. The third-order valence-corrected chi connectivity index (χ3v) is 6.39. The quantitative estimate of drug-likeness (QED) is 0.536. The van der Waals surface area contributed by atoms with Gasteiger partial charge < -0.3 is 4.74 Å². The molecule has 22 heavy (non-hydrogen) atoms. The molecule has 1 aromatic rings. The van der Waals surface area contributed by atoms with Crippen LogP contribution in [-0.4, -0.2) is 39.5 Å². The van der Waals surface area contributed by atoms with E-state index in [4.69, 9.17) is 4.74 Å². The smallest absolute Gasteiger partial charge is 0.119 e. The van der Waals surface area contributed by atoms with Gasteiger partial charge in [0.2, 0.25) is 0 Å². The van der Waals surface area contributed by atoms with Crippen molar-refractivity contribution < 1.29 is 4.74 Å². The molecule has 1 aromatic carbocycles. The fraction of sp³-hybridized carbons (Fsp3) is 0.684. The van der Waals surface area contributed by atoms with Crippen molar-refractivity contribution >= 4 is 14.7 Å². The van der Waals surface area contributed by atoms with Crippen LogP contribution in [0.4, 0.5) is 0 Å². The van der Waals surface area contributed by atoms with Crippen molar-refractivity contribution in [2.45, 2.75) is 64.8 Å². The number of rotatable bonds is 8. The van der Waals surface area contributed by atoms with Crippen LogP contribution in [0.5, 0.6) is 0 Å². The molecule has 1 fully saturated rings. The van der Waals surface area contributed by atoms with Crippen molar-refractivity contribution in [3.05, 3.63) is 30.3 Å².